The predicted octanol–water partition coefficient (Wildman–Crippen LogP) is 4.23. The number of hydrogen-bond donors (Lipinski definition) is 1. The van der Waals surface area contributed by atoms with Crippen molar-refractivity contribution in [2.24, 2.45) is 0 Å². The van der Waals surface area contributed by atoms with Gasteiger partial charge in [-0.1, -0.05) is 44.0 Å². The maximum atomic E-state index is 3.81. The SMILES string of the molecule is CCCCC(C)NC1CCCc2ccccc21. The first-order chi connectivity index (χ1) is 8.31. The van der Waals surface area contributed by atoms with Gasteiger partial charge in [0.15, 0.2) is 0 Å². The second-order valence-electron chi connectivity index (χ2n) is 5.35. The Labute approximate surface area is 106 Å². The van der Waals surface area contributed by atoms with E-state index in [9.17, 15) is 0 Å². The standard InChI is InChI=1S/C16H25N/c1-3-4-8-13(2)17-16-12-7-10-14-9-5-6-11-15(14)16/h5-6,9,11,13,16-17H,3-4,7-8,10,12H2,1-2H3. The molecule has 1 aliphatic rings. The van der Waals surface area contributed by atoms with Crippen molar-refractivity contribution in [1.82, 2.24) is 5.32 Å². The molecule has 17 heavy (non-hydrogen) atoms. The molecule has 0 bridgehead atoms. The van der Waals surface area contributed by atoms with Crippen LogP contribution < -0.4 is 5.32 Å². The molecule has 2 atom stereocenters. The van der Waals surface area contributed by atoms with E-state index in [1.165, 1.54) is 38.5 Å². The molecular weight excluding hydrogens is 206 g/mol. The Kier molecular flexibility index (Phi) is 4.61. The highest BCUT2D eigenvalue weighted by atomic mass is 14.9. The van der Waals surface area contributed by atoms with E-state index in [1.54, 1.807) is 11.1 Å². The second kappa shape index (κ2) is 6.20. The highest BCUT2D eigenvalue weighted by Crippen LogP contribution is 2.29. The lowest BCUT2D eigenvalue weighted by Crippen LogP contribution is -2.32. The summed E-state index contributed by atoms with van der Waals surface area (Å²) in [5.41, 5.74) is 3.10. The maximum absolute atomic E-state index is 3.81. The van der Waals surface area contributed by atoms with Gasteiger partial charge in [-0.2, -0.15) is 0 Å². The fourth-order valence-electron chi connectivity index (χ4n) is 2.86. The maximum Gasteiger partial charge on any atom is 0.0325 e. The first-order valence-corrected chi connectivity index (χ1v) is 7.15. The highest BCUT2D eigenvalue weighted by Gasteiger charge is 2.20. The van der Waals surface area contributed by atoms with Gasteiger partial charge in [-0.15, -0.1) is 0 Å². The van der Waals surface area contributed by atoms with Crippen molar-refractivity contribution in [2.45, 2.75) is 64.5 Å². The molecule has 2 rings (SSSR count). The summed E-state index contributed by atoms with van der Waals surface area (Å²) in [6.07, 6.45) is 7.82. The van der Waals surface area contributed by atoms with Crippen LogP contribution in [0.25, 0.3) is 0 Å². The van der Waals surface area contributed by atoms with Crippen molar-refractivity contribution in [3.63, 3.8) is 0 Å². The van der Waals surface area contributed by atoms with E-state index in [1.807, 2.05) is 0 Å². The third kappa shape index (κ3) is 3.32. The van der Waals surface area contributed by atoms with Crippen LogP contribution in [0.1, 0.15) is 63.1 Å². The Hall–Kier alpha value is -0.820. The van der Waals surface area contributed by atoms with Gasteiger partial charge >= 0.3 is 0 Å². The normalized spacial score (nSPS) is 20.9. The van der Waals surface area contributed by atoms with Gasteiger partial charge < -0.3 is 5.32 Å². The molecule has 1 aromatic rings. The lowest BCUT2D eigenvalue weighted by molar-refractivity contribution is 0.389. The summed E-state index contributed by atoms with van der Waals surface area (Å²) in [6.45, 7) is 4.59. The summed E-state index contributed by atoms with van der Waals surface area (Å²) in [7, 11) is 0. The number of rotatable bonds is 5. The summed E-state index contributed by atoms with van der Waals surface area (Å²) < 4.78 is 0. The number of benzene rings is 1. The minimum atomic E-state index is 0.590. The fourth-order valence-corrected chi connectivity index (χ4v) is 2.86. The number of fused-ring (bicyclic) bond motifs is 1. The summed E-state index contributed by atoms with van der Waals surface area (Å²) in [5.74, 6) is 0. The van der Waals surface area contributed by atoms with Crippen LogP contribution in [0.5, 0.6) is 0 Å². The zero-order valence-corrected chi connectivity index (χ0v) is 11.2. The van der Waals surface area contributed by atoms with Crippen LogP contribution in [0.15, 0.2) is 24.3 Å². The van der Waals surface area contributed by atoms with Crippen molar-refractivity contribution in [3.8, 4) is 0 Å². The van der Waals surface area contributed by atoms with Crippen molar-refractivity contribution < 1.29 is 0 Å². The molecule has 0 spiro atoms. The van der Waals surface area contributed by atoms with Crippen LogP contribution >= 0.6 is 0 Å². The van der Waals surface area contributed by atoms with Crippen molar-refractivity contribution >= 4 is 0 Å². The molecule has 0 radical (unpaired) electrons. The predicted molar refractivity (Wildman–Crippen MR) is 74.2 cm³/mol. The van der Waals surface area contributed by atoms with Crippen molar-refractivity contribution in [1.29, 1.82) is 0 Å². The first-order valence-electron chi connectivity index (χ1n) is 7.15. The fraction of sp³-hybridized carbons (Fsp3) is 0.625. The van der Waals surface area contributed by atoms with E-state index in [0.717, 1.165) is 0 Å². The molecule has 1 aromatic carbocycles. The Bertz CT molecular complexity index is 345. The van der Waals surface area contributed by atoms with Crippen molar-refractivity contribution in [3.05, 3.63) is 35.4 Å². The van der Waals surface area contributed by atoms with Gasteiger partial charge in [-0.3, -0.25) is 0 Å². The molecule has 0 aromatic heterocycles. The average molecular weight is 231 g/mol. The van der Waals surface area contributed by atoms with E-state index in [0.29, 0.717) is 12.1 Å². The largest absolute Gasteiger partial charge is 0.307 e. The van der Waals surface area contributed by atoms with Gasteiger partial charge in [-0.25, -0.2) is 0 Å². The molecule has 2 unspecified atom stereocenters. The lowest BCUT2D eigenvalue weighted by Gasteiger charge is -2.29. The summed E-state index contributed by atoms with van der Waals surface area (Å²) in [6, 6.07) is 10.2. The molecule has 1 heteroatoms. The van der Waals surface area contributed by atoms with Crippen LogP contribution in [-0.2, 0) is 6.42 Å². The van der Waals surface area contributed by atoms with E-state index >= 15 is 0 Å². The van der Waals surface area contributed by atoms with E-state index < -0.39 is 0 Å². The van der Waals surface area contributed by atoms with Crippen LogP contribution in [0.2, 0.25) is 0 Å². The van der Waals surface area contributed by atoms with E-state index in [2.05, 4.69) is 43.4 Å². The number of nitrogens with one attached hydrogen (secondary N) is 1. The van der Waals surface area contributed by atoms with Crippen LogP contribution in [0, 0.1) is 0 Å². The van der Waals surface area contributed by atoms with Gasteiger partial charge in [0.1, 0.15) is 0 Å². The molecule has 1 aliphatic carbocycles. The van der Waals surface area contributed by atoms with Gasteiger partial charge in [0.05, 0.1) is 0 Å². The highest BCUT2D eigenvalue weighted by molar-refractivity contribution is 5.32. The summed E-state index contributed by atoms with van der Waals surface area (Å²) >= 11 is 0. The monoisotopic (exact) mass is 231 g/mol. The topological polar surface area (TPSA) is 12.0 Å². The molecule has 0 saturated heterocycles. The quantitative estimate of drug-likeness (QED) is 0.799. The molecule has 1 N–H and O–H groups in total. The van der Waals surface area contributed by atoms with Gasteiger partial charge in [0.2, 0.25) is 0 Å². The molecule has 0 fully saturated rings. The number of hydrogen-bond acceptors (Lipinski definition) is 1. The Balaban J connectivity index is 1.98. The first kappa shape index (κ1) is 12.6. The third-order valence-electron chi connectivity index (χ3n) is 3.85. The van der Waals surface area contributed by atoms with Crippen molar-refractivity contribution in [2.75, 3.05) is 0 Å². The summed E-state index contributed by atoms with van der Waals surface area (Å²) in [4.78, 5) is 0. The minimum Gasteiger partial charge on any atom is -0.307 e. The molecule has 0 aliphatic heterocycles. The van der Waals surface area contributed by atoms with E-state index in [-0.39, 0.29) is 0 Å². The molecular formula is C16H25N. The molecule has 0 heterocycles. The number of aryl methyl sites for hydroxylation is 1. The average Bonchev–Trinajstić information content (AvgIpc) is 2.37. The van der Waals surface area contributed by atoms with Gasteiger partial charge in [-0.05, 0) is 43.7 Å². The van der Waals surface area contributed by atoms with Gasteiger partial charge in [0.25, 0.3) is 0 Å². The Morgan fingerprint density at radius 2 is 2.18 bits per heavy atom. The second-order valence-corrected chi connectivity index (χ2v) is 5.35. The lowest BCUT2D eigenvalue weighted by atomic mass is 9.87. The summed E-state index contributed by atoms with van der Waals surface area (Å²) in [5, 5.41) is 3.81. The zero-order valence-electron chi connectivity index (χ0n) is 11.2. The van der Waals surface area contributed by atoms with E-state index in [4.69, 9.17) is 0 Å². The Morgan fingerprint density at radius 3 is 3.00 bits per heavy atom. The zero-order chi connectivity index (χ0) is 12.1. The molecule has 94 valence electrons. The van der Waals surface area contributed by atoms with Gasteiger partial charge in [0, 0.05) is 12.1 Å². The molecule has 0 saturated carbocycles. The number of unbranched alkanes of at least 4 members (excludes halogenated alkanes) is 1. The smallest absolute Gasteiger partial charge is 0.0325 e. The Morgan fingerprint density at radius 1 is 1.35 bits per heavy atom. The van der Waals surface area contributed by atoms with Crippen LogP contribution in [0.4, 0.5) is 0 Å². The third-order valence-corrected chi connectivity index (χ3v) is 3.85. The minimum absolute atomic E-state index is 0.590. The van der Waals surface area contributed by atoms with Crippen LogP contribution in [-0.4, -0.2) is 6.04 Å². The molecule has 0 amide bonds. The van der Waals surface area contributed by atoms with Crippen LogP contribution in [0.3, 0.4) is 0 Å². The molecule has 1 nitrogen and oxygen atoms in total.